The van der Waals surface area contributed by atoms with Crippen LogP contribution in [0.2, 0.25) is 0 Å². The molecule has 0 unspecified atom stereocenters. The Morgan fingerprint density at radius 3 is 2.85 bits per heavy atom. The largest absolute Gasteiger partial charge is 0.293 e. The summed E-state index contributed by atoms with van der Waals surface area (Å²) in [5.74, 6) is 0.287. The van der Waals surface area contributed by atoms with Gasteiger partial charge in [-0.2, -0.15) is 0 Å². The van der Waals surface area contributed by atoms with Crippen LogP contribution in [0.3, 0.4) is 0 Å². The molecule has 0 amide bonds. The van der Waals surface area contributed by atoms with Crippen molar-refractivity contribution in [2.75, 3.05) is 5.88 Å². The number of rotatable bonds is 3. The molecule has 0 radical (unpaired) electrons. The molecule has 1 aromatic rings. The SMILES string of the molecule is CC(C)c1ccncc1C(=O)CCl. The lowest BCUT2D eigenvalue weighted by atomic mass is 9.97. The Labute approximate surface area is 82.9 Å². The molecule has 1 rings (SSSR count). The quantitative estimate of drug-likeness (QED) is 0.551. The third-order valence-corrected chi connectivity index (χ3v) is 2.14. The fraction of sp³-hybridized carbons (Fsp3) is 0.400. The van der Waals surface area contributed by atoms with E-state index in [1.807, 2.05) is 19.9 Å². The number of alkyl halides is 1. The Bertz CT molecular complexity index is 310. The predicted molar refractivity (Wildman–Crippen MR) is 53.4 cm³/mol. The number of hydrogen-bond acceptors (Lipinski definition) is 2. The van der Waals surface area contributed by atoms with Crippen LogP contribution in [-0.4, -0.2) is 16.6 Å². The minimum atomic E-state index is -0.0570. The van der Waals surface area contributed by atoms with Gasteiger partial charge in [-0.3, -0.25) is 9.78 Å². The average Bonchev–Trinajstić information content (AvgIpc) is 2.16. The van der Waals surface area contributed by atoms with Gasteiger partial charge in [0.1, 0.15) is 0 Å². The minimum absolute atomic E-state index is 0.0193. The van der Waals surface area contributed by atoms with Crippen LogP contribution >= 0.6 is 11.6 Å². The van der Waals surface area contributed by atoms with E-state index in [-0.39, 0.29) is 11.7 Å². The van der Waals surface area contributed by atoms with Crippen molar-refractivity contribution in [1.82, 2.24) is 4.98 Å². The highest BCUT2D eigenvalue weighted by Crippen LogP contribution is 2.18. The molecule has 1 aromatic heterocycles. The van der Waals surface area contributed by atoms with Crippen molar-refractivity contribution in [3.63, 3.8) is 0 Å². The van der Waals surface area contributed by atoms with Gasteiger partial charge in [0.05, 0.1) is 5.88 Å². The molecule has 13 heavy (non-hydrogen) atoms. The summed E-state index contributed by atoms with van der Waals surface area (Å²) < 4.78 is 0. The van der Waals surface area contributed by atoms with Crippen LogP contribution in [0.4, 0.5) is 0 Å². The van der Waals surface area contributed by atoms with Gasteiger partial charge in [-0.25, -0.2) is 0 Å². The highest BCUT2D eigenvalue weighted by Gasteiger charge is 2.12. The fourth-order valence-corrected chi connectivity index (χ4v) is 1.36. The highest BCUT2D eigenvalue weighted by atomic mass is 35.5. The van der Waals surface area contributed by atoms with Crippen LogP contribution in [0.25, 0.3) is 0 Å². The van der Waals surface area contributed by atoms with E-state index in [9.17, 15) is 4.79 Å². The van der Waals surface area contributed by atoms with Crippen LogP contribution < -0.4 is 0 Å². The van der Waals surface area contributed by atoms with Gasteiger partial charge in [-0.15, -0.1) is 11.6 Å². The zero-order valence-electron chi connectivity index (χ0n) is 7.75. The Balaban J connectivity index is 3.12. The maximum absolute atomic E-state index is 11.4. The van der Waals surface area contributed by atoms with E-state index >= 15 is 0 Å². The summed E-state index contributed by atoms with van der Waals surface area (Å²) in [6, 6.07) is 1.87. The Morgan fingerprint density at radius 1 is 1.62 bits per heavy atom. The van der Waals surface area contributed by atoms with Gasteiger partial charge in [0.25, 0.3) is 0 Å². The number of nitrogens with zero attached hydrogens (tertiary/aromatic N) is 1. The number of carbonyl (C=O) groups excluding carboxylic acids is 1. The first-order valence-corrected chi connectivity index (χ1v) is 4.73. The van der Waals surface area contributed by atoms with Crippen LogP contribution in [0, 0.1) is 0 Å². The van der Waals surface area contributed by atoms with E-state index in [0.717, 1.165) is 5.56 Å². The maximum Gasteiger partial charge on any atom is 0.179 e. The molecule has 0 N–H and O–H groups in total. The molecule has 0 atom stereocenters. The van der Waals surface area contributed by atoms with Crippen LogP contribution in [-0.2, 0) is 0 Å². The molecule has 3 heteroatoms. The van der Waals surface area contributed by atoms with Gasteiger partial charge in [0.2, 0.25) is 0 Å². The second kappa shape index (κ2) is 4.38. The lowest BCUT2D eigenvalue weighted by Crippen LogP contribution is -2.06. The second-order valence-electron chi connectivity index (χ2n) is 3.17. The van der Waals surface area contributed by atoms with Gasteiger partial charge >= 0.3 is 0 Å². The van der Waals surface area contributed by atoms with E-state index in [4.69, 9.17) is 11.6 Å². The van der Waals surface area contributed by atoms with Gasteiger partial charge < -0.3 is 0 Å². The number of hydrogen-bond donors (Lipinski definition) is 0. The lowest BCUT2D eigenvalue weighted by molar-refractivity contribution is 0.101. The first kappa shape index (κ1) is 10.2. The predicted octanol–water partition coefficient (Wildman–Crippen LogP) is 2.63. The fourth-order valence-electron chi connectivity index (χ4n) is 1.21. The molecule has 0 aliphatic carbocycles. The molecule has 2 nitrogen and oxygen atoms in total. The number of carbonyl (C=O) groups is 1. The number of ketones is 1. The van der Waals surface area contributed by atoms with Gasteiger partial charge in [-0.05, 0) is 17.5 Å². The zero-order chi connectivity index (χ0) is 9.84. The molecule has 0 spiro atoms. The zero-order valence-corrected chi connectivity index (χ0v) is 8.51. The van der Waals surface area contributed by atoms with Crippen LogP contribution in [0.5, 0.6) is 0 Å². The summed E-state index contributed by atoms with van der Waals surface area (Å²) in [6.07, 6.45) is 3.28. The lowest BCUT2D eigenvalue weighted by Gasteiger charge is -2.09. The smallest absolute Gasteiger partial charge is 0.179 e. The summed E-state index contributed by atoms with van der Waals surface area (Å²) in [6.45, 7) is 4.08. The van der Waals surface area contributed by atoms with E-state index < -0.39 is 0 Å². The van der Waals surface area contributed by atoms with E-state index in [0.29, 0.717) is 11.5 Å². The summed E-state index contributed by atoms with van der Waals surface area (Å²) in [5, 5.41) is 0. The van der Waals surface area contributed by atoms with E-state index in [1.165, 1.54) is 0 Å². The third kappa shape index (κ3) is 2.28. The molecule has 0 fully saturated rings. The molecule has 0 aliphatic heterocycles. The normalized spacial score (nSPS) is 10.5. The average molecular weight is 198 g/mol. The summed E-state index contributed by atoms with van der Waals surface area (Å²) in [7, 11) is 0. The number of halogens is 1. The van der Waals surface area contributed by atoms with Crippen molar-refractivity contribution in [3.05, 3.63) is 29.6 Å². The monoisotopic (exact) mass is 197 g/mol. The third-order valence-electron chi connectivity index (χ3n) is 1.90. The standard InChI is InChI=1S/C10H12ClNO/c1-7(2)8-3-4-12-6-9(8)10(13)5-11/h3-4,6-7H,5H2,1-2H3. The Hall–Kier alpha value is -0.890. The molecule has 0 aliphatic rings. The summed E-state index contributed by atoms with van der Waals surface area (Å²) >= 11 is 5.49. The number of pyridine rings is 1. The molecule has 0 aromatic carbocycles. The molecule has 0 bridgehead atoms. The maximum atomic E-state index is 11.4. The first-order chi connectivity index (χ1) is 6.16. The minimum Gasteiger partial charge on any atom is -0.293 e. The number of Topliss-reactive ketones (excluding diaryl/α,β-unsaturated/α-hetero) is 1. The first-order valence-electron chi connectivity index (χ1n) is 4.20. The van der Waals surface area contributed by atoms with Crippen LogP contribution in [0.1, 0.15) is 35.7 Å². The van der Waals surface area contributed by atoms with Gasteiger partial charge in [0, 0.05) is 18.0 Å². The Morgan fingerprint density at radius 2 is 2.31 bits per heavy atom. The van der Waals surface area contributed by atoms with Crippen molar-refractivity contribution in [2.45, 2.75) is 19.8 Å². The summed E-state index contributed by atoms with van der Waals surface area (Å²) in [4.78, 5) is 15.3. The molecular formula is C10H12ClNO. The van der Waals surface area contributed by atoms with E-state index in [2.05, 4.69) is 4.98 Å². The second-order valence-corrected chi connectivity index (χ2v) is 3.44. The number of aromatic nitrogens is 1. The van der Waals surface area contributed by atoms with Crippen LogP contribution in [0.15, 0.2) is 18.5 Å². The van der Waals surface area contributed by atoms with Crippen molar-refractivity contribution >= 4 is 17.4 Å². The van der Waals surface area contributed by atoms with Crippen molar-refractivity contribution < 1.29 is 4.79 Å². The van der Waals surface area contributed by atoms with Gasteiger partial charge in [-0.1, -0.05) is 13.8 Å². The highest BCUT2D eigenvalue weighted by molar-refractivity contribution is 6.30. The Kier molecular flexibility index (Phi) is 3.43. The molecular weight excluding hydrogens is 186 g/mol. The van der Waals surface area contributed by atoms with Crippen molar-refractivity contribution in [2.24, 2.45) is 0 Å². The molecule has 1 heterocycles. The molecule has 0 saturated heterocycles. The van der Waals surface area contributed by atoms with Crippen molar-refractivity contribution in [1.29, 1.82) is 0 Å². The summed E-state index contributed by atoms with van der Waals surface area (Å²) in [5.41, 5.74) is 1.66. The topological polar surface area (TPSA) is 30.0 Å². The van der Waals surface area contributed by atoms with Gasteiger partial charge in [0.15, 0.2) is 5.78 Å². The molecule has 70 valence electrons. The van der Waals surface area contributed by atoms with Crippen molar-refractivity contribution in [3.8, 4) is 0 Å². The van der Waals surface area contributed by atoms with E-state index in [1.54, 1.807) is 12.4 Å². The molecule has 0 saturated carbocycles.